The molecule has 0 unspecified atom stereocenters. The lowest BCUT2D eigenvalue weighted by molar-refractivity contribution is -0.114. The molecule has 2 aromatic rings. The van der Waals surface area contributed by atoms with Gasteiger partial charge in [-0.3, -0.25) is 4.79 Å². The number of aryl methyl sites for hydroxylation is 1. The van der Waals surface area contributed by atoms with E-state index in [-0.39, 0.29) is 5.91 Å². The normalized spacial score (nSPS) is 10.5. The third-order valence-electron chi connectivity index (χ3n) is 3.66. The van der Waals surface area contributed by atoms with Crippen molar-refractivity contribution in [2.24, 2.45) is 0 Å². The Balaban J connectivity index is 2.08. The molecule has 0 aliphatic heterocycles. The fraction of sp³-hybridized carbons (Fsp3) is 0.353. The van der Waals surface area contributed by atoms with E-state index in [1.165, 1.54) is 23.9 Å². The van der Waals surface area contributed by atoms with Gasteiger partial charge in [-0.05, 0) is 50.6 Å². The van der Waals surface area contributed by atoms with Crippen LogP contribution in [0, 0.1) is 13.8 Å². The van der Waals surface area contributed by atoms with Crippen molar-refractivity contribution in [1.29, 1.82) is 0 Å². The number of nitrogens with zero attached hydrogens (tertiary/aromatic N) is 1. The van der Waals surface area contributed by atoms with Gasteiger partial charge in [-0.2, -0.15) is 0 Å². The van der Waals surface area contributed by atoms with E-state index in [1.54, 1.807) is 0 Å². The lowest BCUT2D eigenvalue weighted by Gasteiger charge is -2.10. The van der Waals surface area contributed by atoms with Gasteiger partial charge >= 0.3 is 0 Å². The quantitative estimate of drug-likeness (QED) is 0.880. The van der Waals surface area contributed by atoms with Crippen LogP contribution >= 0.6 is 0 Å². The molecular formula is C17H23N3O. The number of anilines is 2. The summed E-state index contributed by atoms with van der Waals surface area (Å²) in [7, 11) is 0. The van der Waals surface area contributed by atoms with Crippen molar-refractivity contribution in [3.8, 4) is 0 Å². The van der Waals surface area contributed by atoms with Gasteiger partial charge in [0.05, 0.1) is 0 Å². The first kappa shape index (κ1) is 15.2. The van der Waals surface area contributed by atoms with Crippen molar-refractivity contribution in [2.75, 3.05) is 10.6 Å². The number of rotatable bonds is 5. The van der Waals surface area contributed by atoms with Crippen LogP contribution in [0.5, 0.6) is 0 Å². The van der Waals surface area contributed by atoms with Crippen LogP contribution in [-0.4, -0.2) is 10.5 Å². The molecule has 0 aliphatic carbocycles. The maximum atomic E-state index is 11.1. The first-order valence-electron chi connectivity index (χ1n) is 7.28. The topological polar surface area (TPSA) is 46.1 Å². The predicted octanol–water partition coefficient (Wildman–Crippen LogP) is 3.70. The molecule has 0 aliphatic rings. The van der Waals surface area contributed by atoms with E-state index in [0.29, 0.717) is 0 Å². The molecule has 0 bridgehead atoms. The van der Waals surface area contributed by atoms with E-state index in [4.69, 9.17) is 0 Å². The van der Waals surface area contributed by atoms with Gasteiger partial charge in [-0.15, -0.1) is 0 Å². The number of nitrogens with one attached hydrogen (secondary N) is 2. The Labute approximate surface area is 126 Å². The number of amides is 1. The highest BCUT2D eigenvalue weighted by atomic mass is 16.1. The summed E-state index contributed by atoms with van der Waals surface area (Å²) in [4.78, 5) is 11.1. The largest absolute Gasteiger partial charge is 0.381 e. The number of benzene rings is 1. The zero-order valence-corrected chi connectivity index (χ0v) is 13.2. The van der Waals surface area contributed by atoms with Crippen LogP contribution in [0.2, 0.25) is 0 Å². The first-order valence-corrected chi connectivity index (χ1v) is 7.28. The zero-order valence-electron chi connectivity index (χ0n) is 13.2. The molecule has 4 nitrogen and oxygen atoms in total. The molecule has 2 rings (SSSR count). The molecule has 21 heavy (non-hydrogen) atoms. The summed E-state index contributed by atoms with van der Waals surface area (Å²) in [6.07, 6.45) is 0. The summed E-state index contributed by atoms with van der Waals surface area (Å²) < 4.78 is 2.31. The fourth-order valence-corrected chi connectivity index (χ4v) is 2.65. The molecule has 1 heterocycles. The molecule has 2 N–H and O–H groups in total. The van der Waals surface area contributed by atoms with Crippen molar-refractivity contribution >= 4 is 17.3 Å². The molecular weight excluding hydrogens is 262 g/mol. The van der Waals surface area contributed by atoms with Gasteiger partial charge in [0.2, 0.25) is 5.91 Å². The Hall–Kier alpha value is -2.23. The molecule has 0 atom stereocenters. The minimum absolute atomic E-state index is 0.0568. The van der Waals surface area contributed by atoms with Crippen molar-refractivity contribution < 1.29 is 4.79 Å². The second-order valence-electron chi connectivity index (χ2n) is 5.26. The first-order chi connectivity index (χ1) is 10.0. The lowest BCUT2D eigenvalue weighted by atomic mass is 10.2. The molecule has 0 fully saturated rings. The third kappa shape index (κ3) is 3.66. The van der Waals surface area contributed by atoms with E-state index in [2.05, 4.69) is 42.0 Å². The fourth-order valence-electron chi connectivity index (χ4n) is 2.65. The number of hydrogen-bond donors (Lipinski definition) is 2. The molecule has 1 aromatic heterocycles. The van der Waals surface area contributed by atoms with Gasteiger partial charge in [0.15, 0.2) is 0 Å². The number of aromatic nitrogens is 1. The van der Waals surface area contributed by atoms with E-state index >= 15 is 0 Å². The molecule has 0 saturated heterocycles. The zero-order chi connectivity index (χ0) is 15.4. The lowest BCUT2D eigenvalue weighted by Crippen LogP contribution is -2.06. The van der Waals surface area contributed by atoms with Gasteiger partial charge in [-0.1, -0.05) is 6.07 Å². The Morgan fingerprint density at radius 3 is 2.52 bits per heavy atom. The maximum absolute atomic E-state index is 11.1. The highest BCUT2D eigenvalue weighted by Gasteiger charge is 2.07. The predicted molar refractivity (Wildman–Crippen MR) is 87.7 cm³/mol. The van der Waals surface area contributed by atoms with Crippen LogP contribution in [0.15, 0.2) is 30.3 Å². The Bertz CT molecular complexity index is 643. The van der Waals surface area contributed by atoms with Gasteiger partial charge in [0.25, 0.3) is 0 Å². The van der Waals surface area contributed by atoms with Crippen molar-refractivity contribution in [2.45, 2.75) is 40.8 Å². The van der Waals surface area contributed by atoms with Crippen molar-refractivity contribution in [1.82, 2.24) is 4.57 Å². The summed E-state index contributed by atoms with van der Waals surface area (Å²) in [6, 6.07) is 9.99. The van der Waals surface area contributed by atoms with Gasteiger partial charge < -0.3 is 15.2 Å². The molecule has 4 heteroatoms. The summed E-state index contributed by atoms with van der Waals surface area (Å²) in [5.74, 6) is -0.0568. The van der Waals surface area contributed by atoms with Crippen LogP contribution in [0.4, 0.5) is 11.4 Å². The van der Waals surface area contributed by atoms with E-state index in [1.807, 2.05) is 24.3 Å². The number of carbonyl (C=O) groups excluding carboxylic acids is 1. The standard InChI is InChI=1S/C17H23N3O/c1-5-20-12(2)9-15(13(20)3)11-18-16-7-6-8-17(10-16)19-14(4)21/h6-10,18H,5,11H2,1-4H3,(H,19,21). The van der Waals surface area contributed by atoms with Crippen LogP contribution in [0.3, 0.4) is 0 Å². The summed E-state index contributed by atoms with van der Waals surface area (Å²) in [5, 5.41) is 6.21. The molecule has 112 valence electrons. The molecule has 0 spiro atoms. The van der Waals surface area contributed by atoms with Crippen LogP contribution in [-0.2, 0) is 17.9 Å². The van der Waals surface area contributed by atoms with Crippen molar-refractivity contribution in [3.05, 3.63) is 47.3 Å². The monoisotopic (exact) mass is 285 g/mol. The van der Waals surface area contributed by atoms with Gasteiger partial charge in [-0.25, -0.2) is 0 Å². The van der Waals surface area contributed by atoms with Gasteiger partial charge in [0.1, 0.15) is 0 Å². The smallest absolute Gasteiger partial charge is 0.221 e. The van der Waals surface area contributed by atoms with Crippen molar-refractivity contribution in [3.63, 3.8) is 0 Å². The molecule has 0 radical (unpaired) electrons. The Morgan fingerprint density at radius 2 is 1.90 bits per heavy atom. The Kier molecular flexibility index (Phi) is 4.68. The van der Waals surface area contributed by atoms with E-state index in [0.717, 1.165) is 24.5 Å². The van der Waals surface area contributed by atoms with Crippen LogP contribution < -0.4 is 10.6 Å². The third-order valence-corrected chi connectivity index (χ3v) is 3.66. The Morgan fingerprint density at radius 1 is 1.19 bits per heavy atom. The minimum atomic E-state index is -0.0568. The van der Waals surface area contributed by atoms with Crippen LogP contribution in [0.25, 0.3) is 0 Å². The second-order valence-corrected chi connectivity index (χ2v) is 5.26. The van der Waals surface area contributed by atoms with Gasteiger partial charge in [0, 0.05) is 42.8 Å². The average Bonchev–Trinajstić information content (AvgIpc) is 2.70. The minimum Gasteiger partial charge on any atom is -0.381 e. The molecule has 0 saturated carbocycles. The molecule has 1 aromatic carbocycles. The summed E-state index contributed by atoms with van der Waals surface area (Å²) in [6.45, 7) is 9.74. The maximum Gasteiger partial charge on any atom is 0.221 e. The van der Waals surface area contributed by atoms with Crippen LogP contribution in [0.1, 0.15) is 30.8 Å². The number of carbonyl (C=O) groups is 1. The SMILES string of the molecule is CCn1c(C)cc(CNc2cccc(NC(C)=O)c2)c1C. The highest BCUT2D eigenvalue weighted by Crippen LogP contribution is 2.19. The highest BCUT2D eigenvalue weighted by molar-refractivity contribution is 5.89. The molecule has 1 amide bonds. The second kappa shape index (κ2) is 6.48. The average molecular weight is 285 g/mol. The van der Waals surface area contributed by atoms with E-state index < -0.39 is 0 Å². The number of hydrogen-bond acceptors (Lipinski definition) is 2. The van der Waals surface area contributed by atoms with E-state index in [9.17, 15) is 4.79 Å². The summed E-state index contributed by atoms with van der Waals surface area (Å²) in [5.41, 5.74) is 5.72. The summed E-state index contributed by atoms with van der Waals surface area (Å²) >= 11 is 0.